The molecule has 0 aromatic heterocycles. The first-order valence-corrected chi connectivity index (χ1v) is 4.35. The Morgan fingerprint density at radius 3 is 2.62 bits per heavy atom. The molecular formula is C10H14N2O. The van der Waals surface area contributed by atoms with Crippen LogP contribution in [0, 0.1) is 0 Å². The fourth-order valence-electron chi connectivity index (χ4n) is 1.09. The van der Waals surface area contributed by atoms with Gasteiger partial charge < -0.3 is 9.80 Å². The van der Waals surface area contributed by atoms with Crippen LogP contribution < -0.4 is 10.9 Å². The van der Waals surface area contributed by atoms with Crippen LogP contribution in [0.2, 0.25) is 0 Å². The molecule has 1 aromatic rings. The normalized spacial score (nSPS) is 9.62. The summed E-state index contributed by atoms with van der Waals surface area (Å²) in [6.45, 7) is 0.711. The van der Waals surface area contributed by atoms with Gasteiger partial charge in [-0.05, 0) is 18.6 Å². The number of hydrogen-bond donors (Lipinski definition) is 1. The first-order valence-electron chi connectivity index (χ1n) is 4.35. The summed E-state index contributed by atoms with van der Waals surface area (Å²) < 4.78 is 0. The van der Waals surface area contributed by atoms with Gasteiger partial charge in [0.15, 0.2) is 0 Å². The summed E-state index contributed by atoms with van der Waals surface area (Å²) in [4.78, 5) is 10.1. The molecule has 1 rings (SSSR count). The van der Waals surface area contributed by atoms with E-state index in [9.17, 15) is 4.79 Å². The van der Waals surface area contributed by atoms with Crippen LogP contribution >= 0.6 is 0 Å². The predicted octanol–water partition coefficient (Wildman–Crippen LogP) is 1.35. The van der Waals surface area contributed by atoms with Crippen molar-refractivity contribution in [2.45, 2.75) is 12.8 Å². The lowest BCUT2D eigenvalue weighted by atomic mass is 10.3. The molecule has 0 atom stereocenters. The smallest absolute Gasteiger partial charge is 0.120 e. The third kappa shape index (κ3) is 3.25. The van der Waals surface area contributed by atoms with E-state index in [0.29, 0.717) is 13.0 Å². The van der Waals surface area contributed by atoms with E-state index in [4.69, 9.17) is 5.84 Å². The number of anilines is 1. The number of carbonyl (C=O) groups is 1. The topological polar surface area (TPSA) is 46.3 Å². The van der Waals surface area contributed by atoms with Crippen LogP contribution in [-0.4, -0.2) is 12.8 Å². The van der Waals surface area contributed by atoms with Gasteiger partial charge in [0.2, 0.25) is 0 Å². The molecule has 0 saturated carbocycles. The van der Waals surface area contributed by atoms with Gasteiger partial charge in [0.05, 0.1) is 5.69 Å². The average Bonchev–Trinajstić information content (AvgIpc) is 2.19. The predicted molar refractivity (Wildman–Crippen MR) is 53.3 cm³/mol. The summed E-state index contributed by atoms with van der Waals surface area (Å²) in [5.41, 5.74) is 0.980. The van der Waals surface area contributed by atoms with Gasteiger partial charge in [-0.15, -0.1) is 0 Å². The van der Waals surface area contributed by atoms with Gasteiger partial charge in [-0.2, -0.15) is 0 Å². The van der Waals surface area contributed by atoms with Gasteiger partial charge in [0.25, 0.3) is 0 Å². The number of rotatable bonds is 5. The third-order valence-electron chi connectivity index (χ3n) is 1.81. The van der Waals surface area contributed by atoms with Gasteiger partial charge in [-0.25, -0.2) is 5.84 Å². The van der Waals surface area contributed by atoms with Gasteiger partial charge in [0, 0.05) is 13.0 Å². The second-order valence-electron chi connectivity index (χ2n) is 2.84. The summed E-state index contributed by atoms with van der Waals surface area (Å²) in [6, 6.07) is 9.72. The van der Waals surface area contributed by atoms with E-state index in [0.717, 1.165) is 18.4 Å². The molecule has 0 saturated heterocycles. The number of para-hydroxylation sites is 1. The molecular weight excluding hydrogens is 164 g/mol. The van der Waals surface area contributed by atoms with Gasteiger partial charge >= 0.3 is 0 Å². The van der Waals surface area contributed by atoms with Crippen LogP contribution in [-0.2, 0) is 4.79 Å². The maximum Gasteiger partial charge on any atom is 0.120 e. The average molecular weight is 178 g/mol. The quantitative estimate of drug-likeness (QED) is 0.320. The molecule has 0 amide bonds. The summed E-state index contributed by atoms with van der Waals surface area (Å²) in [5, 5.41) is 1.66. The van der Waals surface area contributed by atoms with E-state index in [1.54, 1.807) is 5.01 Å². The van der Waals surface area contributed by atoms with Crippen LogP contribution in [0.5, 0.6) is 0 Å². The van der Waals surface area contributed by atoms with Crippen molar-refractivity contribution in [2.75, 3.05) is 11.6 Å². The van der Waals surface area contributed by atoms with Crippen molar-refractivity contribution in [1.29, 1.82) is 0 Å². The van der Waals surface area contributed by atoms with Crippen molar-refractivity contribution >= 4 is 12.0 Å². The zero-order valence-electron chi connectivity index (χ0n) is 7.52. The van der Waals surface area contributed by atoms with Gasteiger partial charge in [-0.1, -0.05) is 18.2 Å². The Kier molecular flexibility index (Phi) is 3.99. The zero-order valence-corrected chi connectivity index (χ0v) is 7.52. The van der Waals surface area contributed by atoms with Crippen LogP contribution in [0.4, 0.5) is 5.69 Å². The number of benzene rings is 1. The molecule has 2 N–H and O–H groups in total. The van der Waals surface area contributed by atoms with E-state index in [1.807, 2.05) is 30.3 Å². The van der Waals surface area contributed by atoms with Crippen molar-refractivity contribution in [3.8, 4) is 0 Å². The Morgan fingerprint density at radius 1 is 1.31 bits per heavy atom. The van der Waals surface area contributed by atoms with Crippen molar-refractivity contribution in [2.24, 2.45) is 5.84 Å². The third-order valence-corrected chi connectivity index (χ3v) is 1.81. The van der Waals surface area contributed by atoms with E-state index in [-0.39, 0.29) is 0 Å². The van der Waals surface area contributed by atoms with Gasteiger partial charge in [0.1, 0.15) is 6.29 Å². The van der Waals surface area contributed by atoms with Crippen molar-refractivity contribution in [3.05, 3.63) is 30.3 Å². The molecule has 3 heteroatoms. The molecule has 70 valence electrons. The molecule has 1 aromatic carbocycles. The minimum Gasteiger partial charge on any atom is -0.311 e. The number of aldehydes is 1. The van der Waals surface area contributed by atoms with Crippen LogP contribution in [0.3, 0.4) is 0 Å². The summed E-state index contributed by atoms with van der Waals surface area (Å²) in [7, 11) is 0. The number of nitrogens with two attached hydrogens (primary N) is 1. The van der Waals surface area contributed by atoms with Gasteiger partial charge in [-0.3, -0.25) is 0 Å². The second-order valence-corrected chi connectivity index (χ2v) is 2.84. The number of hydrazine groups is 1. The highest BCUT2D eigenvalue weighted by Crippen LogP contribution is 2.09. The molecule has 0 aliphatic carbocycles. The highest BCUT2D eigenvalue weighted by molar-refractivity contribution is 5.49. The van der Waals surface area contributed by atoms with Crippen LogP contribution in [0.1, 0.15) is 12.8 Å². The fourth-order valence-corrected chi connectivity index (χ4v) is 1.09. The Morgan fingerprint density at radius 2 is 2.00 bits per heavy atom. The summed E-state index contributed by atoms with van der Waals surface area (Å²) >= 11 is 0. The minimum atomic E-state index is 0.570. The Bertz CT molecular complexity index is 248. The van der Waals surface area contributed by atoms with E-state index >= 15 is 0 Å². The number of hydrogen-bond acceptors (Lipinski definition) is 3. The Balaban J connectivity index is 2.39. The van der Waals surface area contributed by atoms with E-state index in [2.05, 4.69) is 0 Å². The lowest BCUT2D eigenvalue weighted by molar-refractivity contribution is -0.107. The molecule has 0 radical (unpaired) electrons. The number of carbonyl (C=O) groups excluding carboxylic acids is 1. The van der Waals surface area contributed by atoms with Crippen molar-refractivity contribution in [1.82, 2.24) is 0 Å². The molecule has 0 fully saturated rings. The molecule has 0 spiro atoms. The standard InChI is InChI=1S/C10H14N2O/c11-12(8-4-5-9-13)10-6-2-1-3-7-10/h1-3,6-7,9H,4-5,8,11H2. The van der Waals surface area contributed by atoms with E-state index in [1.165, 1.54) is 0 Å². The maximum atomic E-state index is 10.1. The summed E-state index contributed by atoms with van der Waals surface area (Å²) in [6.07, 6.45) is 2.29. The minimum absolute atomic E-state index is 0.570. The largest absolute Gasteiger partial charge is 0.311 e. The summed E-state index contributed by atoms with van der Waals surface area (Å²) in [5.74, 6) is 5.75. The lowest BCUT2D eigenvalue weighted by Gasteiger charge is -2.17. The van der Waals surface area contributed by atoms with E-state index < -0.39 is 0 Å². The highest BCUT2D eigenvalue weighted by Gasteiger charge is 1.98. The molecule has 0 heterocycles. The highest BCUT2D eigenvalue weighted by atomic mass is 16.1. The first-order chi connectivity index (χ1) is 6.34. The molecule has 0 unspecified atom stereocenters. The monoisotopic (exact) mass is 178 g/mol. The second kappa shape index (κ2) is 5.32. The van der Waals surface area contributed by atoms with Crippen LogP contribution in [0.15, 0.2) is 30.3 Å². The molecule has 0 aliphatic rings. The Labute approximate surface area is 78.1 Å². The SMILES string of the molecule is NN(CCCC=O)c1ccccc1. The zero-order chi connectivity index (χ0) is 9.52. The maximum absolute atomic E-state index is 10.1. The first kappa shape index (κ1) is 9.74. The number of unbranched alkanes of at least 4 members (excludes halogenated alkanes) is 1. The van der Waals surface area contributed by atoms with Crippen LogP contribution in [0.25, 0.3) is 0 Å². The molecule has 13 heavy (non-hydrogen) atoms. The Hall–Kier alpha value is -1.35. The molecule has 0 aliphatic heterocycles. The number of nitrogens with zero attached hydrogens (tertiary/aromatic N) is 1. The lowest BCUT2D eigenvalue weighted by Crippen LogP contribution is -2.31. The molecule has 0 bridgehead atoms. The van der Waals surface area contributed by atoms with Crippen molar-refractivity contribution in [3.63, 3.8) is 0 Å². The molecule has 3 nitrogen and oxygen atoms in total. The van der Waals surface area contributed by atoms with Crippen molar-refractivity contribution < 1.29 is 4.79 Å². The fraction of sp³-hybridized carbons (Fsp3) is 0.300.